The Labute approximate surface area is 138 Å². The van der Waals surface area contributed by atoms with E-state index in [2.05, 4.69) is 19.1 Å². The van der Waals surface area contributed by atoms with Crippen molar-refractivity contribution in [3.05, 3.63) is 71.0 Å². The van der Waals surface area contributed by atoms with Crippen LogP contribution in [0.2, 0.25) is 0 Å². The van der Waals surface area contributed by atoms with Gasteiger partial charge in [-0.15, -0.1) is 0 Å². The highest BCUT2D eigenvalue weighted by Crippen LogP contribution is 2.13. The first-order chi connectivity index (χ1) is 10.9. The van der Waals surface area contributed by atoms with E-state index in [-0.39, 0.29) is 17.9 Å². The highest BCUT2D eigenvalue weighted by Gasteiger charge is 2.11. The van der Waals surface area contributed by atoms with Gasteiger partial charge in [0, 0.05) is 12.8 Å². The smallest absolute Gasteiger partial charge is 0.305 e. The monoisotopic (exact) mass is 316 g/mol. The van der Waals surface area contributed by atoms with Gasteiger partial charge < -0.3 is 4.74 Å². The number of aryl methyl sites for hydroxylation is 2. The van der Waals surface area contributed by atoms with Gasteiger partial charge in [0.1, 0.15) is 11.9 Å². The molecule has 1 unspecified atom stereocenters. The Morgan fingerprint density at radius 1 is 1.09 bits per heavy atom. The number of carbonyl (C=O) groups is 1. The molecule has 0 bridgehead atoms. The molecule has 0 aliphatic heterocycles. The largest absolute Gasteiger partial charge is 0.462 e. The summed E-state index contributed by atoms with van der Waals surface area (Å²) in [5.74, 6) is -0.487. The third kappa shape index (κ3) is 7.59. The van der Waals surface area contributed by atoms with Crippen LogP contribution in [0, 0.1) is 19.7 Å². The van der Waals surface area contributed by atoms with Crippen molar-refractivity contribution >= 4 is 5.97 Å². The van der Waals surface area contributed by atoms with Crippen molar-refractivity contribution in [3.63, 3.8) is 0 Å². The highest BCUT2D eigenvalue weighted by atomic mass is 19.1. The highest BCUT2D eigenvalue weighted by molar-refractivity contribution is 5.69. The fourth-order valence-electron chi connectivity index (χ4n) is 2.01. The number of ether oxygens (including phenoxy) is 1. The lowest BCUT2D eigenvalue weighted by atomic mass is 10.1. The Kier molecular flexibility index (Phi) is 8.03. The molecule has 0 amide bonds. The topological polar surface area (TPSA) is 26.3 Å². The van der Waals surface area contributed by atoms with E-state index in [1.807, 2.05) is 31.2 Å². The second-order valence-electron chi connectivity index (χ2n) is 5.61. The second kappa shape index (κ2) is 9.78. The van der Waals surface area contributed by atoms with Crippen LogP contribution in [0.4, 0.5) is 4.39 Å². The van der Waals surface area contributed by atoms with Gasteiger partial charge in [0.15, 0.2) is 0 Å². The SMILES string of the molecule is CCC(=O)OC(C)Cc1ccc(C)cc1F.Cc1ccccc1. The molecule has 3 heteroatoms. The van der Waals surface area contributed by atoms with E-state index < -0.39 is 0 Å². The number of hydrogen-bond acceptors (Lipinski definition) is 2. The maximum Gasteiger partial charge on any atom is 0.305 e. The van der Waals surface area contributed by atoms with Crippen LogP contribution in [-0.2, 0) is 16.0 Å². The van der Waals surface area contributed by atoms with Gasteiger partial charge in [0.2, 0.25) is 0 Å². The lowest BCUT2D eigenvalue weighted by Gasteiger charge is -2.13. The molecule has 0 N–H and O–H groups in total. The Balaban J connectivity index is 0.000000313. The summed E-state index contributed by atoms with van der Waals surface area (Å²) in [5.41, 5.74) is 2.80. The number of carbonyl (C=O) groups excluding carboxylic acids is 1. The molecule has 0 heterocycles. The van der Waals surface area contributed by atoms with E-state index in [4.69, 9.17) is 4.74 Å². The maximum absolute atomic E-state index is 13.5. The first-order valence-corrected chi connectivity index (χ1v) is 7.88. The number of hydrogen-bond donors (Lipinski definition) is 0. The van der Waals surface area contributed by atoms with Gasteiger partial charge in [0.25, 0.3) is 0 Å². The number of halogens is 1. The average Bonchev–Trinajstić information content (AvgIpc) is 2.51. The summed E-state index contributed by atoms with van der Waals surface area (Å²) in [6.45, 7) is 7.43. The van der Waals surface area contributed by atoms with Crippen LogP contribution >= 0.6 is 0 Å². The van der Waals surface area contributed by atoms with Gasteiger partial charge in [-0.1, -0.05) is 55.0 Å². The van der Waals surface area contributed by atoms with Crippen LogP contribution in [0.3, 0.4) is 0 Å². The molecule has 0 saturated carbocycles. The molecule has 0 aliphatic carbocycles. The van der Waals surface area contributed by atoms with E-state index in [0.717, 1.165) is 5.56 Å². The number of benzene rings is 2. The van der Waals surface area contributed by atoms with E-state index in [9.17, 15) is 9.18 Å². The minimum absolute atomic E-state index is 0.237. The van der Waals surface area contributed by atoms with E-state index in [0.29, 0.717) is 18.4 Å². The predicted octanol–water partition coefficient (Wildman–Crippen LogP) is 5.01. The lowest BCUT2D eigenvalue weighted by Crippen LogP contribution is -2.17. The molecule has 0 spiro atoms. The van der Waals surface area contributed by atoms with E-state index in [1.54, 1.807) is 19.9 Å². The zero-order valence-corrected chi connectivity index (χ0v) is 14.3. The standard InChI is InChI=1S/C13H17FO2.C7H8/c1-4-13(15)16-10(3)8-11-6-5-9(2)7-12(11)14;1-7-5-3-2-4-6-7/h5-7,10H,4,8H2,1-3H3;2-6H,1H3. The van der Waals surface area contributed by atoms with Crippen LogP contribution in [-0.4, -0.2) is 12.1 Å². The van der Waals surface area contributed by atoms with Gasteiger partial charge in [-0.25, -0.2) is 4.39 Å². The Bertz CT molecular complexity index is 608. The molecule has 0 aromatic heterocycles. The molecule has 23 heavy (non-hydrogen) atoms. The molecule has 0 saturated heterocycles. The molecule has 0 radical (unpaired) electrons. The van der Waals surface area contributed by atoms with Crippen LogP contribution in [0.25, 0.3) is 0 Å². The van der Waals surface area contributed by atoms with Crippen molar-refractivity contribution in [1.82, 2.24) is 0 Å². The van der Waals surface area contributed by atoms with Crippen molar-refractivity contribution in [2.75, 3.05) is 0 Å². The molecule has 0 fully saturated rings. The Morgan fingerprint density at radius 2 is 1.74 bits per heavy atom. The fourth-order valence-corrected chi connectivity index (χ4v) is 2.01. The summed E-state index contributed by atoms with van der Waals surface area (Å²) in [4.78, 5) is 11.0. The molecule has 2 aromatic carbocycles. The minimum atomic E-state index is -0.287. The number of rotatable bonds is 4. The Hall–Kier alpha value is -2.16. The van der Waals surface area contributed by atoms with Gasteiger partial charge in [-0.05, 0) is 38.0 Å². The third-order valence-corrected chi connectivity index (χ3v) is 3.28. The molecular weight excluding hydrogens is 291 g/mol. The second-order valence-corrected chi connectivity index (χ2v) is 5.61. The summed E-state index contributed by atoms with van der Waals surface area (Å²) in [7, 11) is 0. The zero-order valence-electron chi connectivity index (χ0n) is 14.3. The van der Waals surface area contributed by atoms with E-state index >= 15 is 0 Å². The molecular formula is C20H25FO2. The van der Waals surface area contributed by atoms with Crippen molar-refractivity contribution in [1.29, 1.82) is 0 Å². The summed E-state index contributed by atoms with van der Waals surface area (Å²) >= 11 is 0. The van der Waals surface area contributed by atoms with Crippen LogP contribution < -0.4 is 0 Å². The first-order valence-electron chi connectivity index (χ1n) is 7.88. The molecule has 124 valence electrons. The normalized spacial score (nSPS) is 11.2. The fraction of sp³-hybridized carbons (Fsp3) is 0.350. The molecule has 2 rings (SSSR count). The van der Waals surface area contributed by atoms with Crippen molar-refractivity contribution in [2.45, 2.75) is 46.6 Å². The maximum atomic E-state index is 13.5. The van der Waals surface area contributed by atoms with Crippen molar-refractivity contribution in [3.8, 4) is 0 Å². The van der Waals surface area contributed by atoms with Gasteiger partial charge >= 0.3 is 5.97 Å². The van der Waals surface area contributed by atoms with Crippen molar-refractivity contribution < 1.29 is 13.9 Å². The minimum Gasteiger partial charge on any atom is -0.462 e. The first kappa shape index (κ1) is 18.9. The third-order valence-electron chi connectivity index (χ3n) is 3.28. The molecule has 0 aliphatic rings. The summed E-state index contributed by atoms with van der Waals surface area (Å²) in [6, 6.07) is 15.3. The van der Waals surface area contributed by atoms with Gasteiger partial charge in [-0.3, -0.25) is 4.79 Å². The summed E-state index contributed by atoms with van der Waals surface area (Å²) in [5, 5.41) is 0. The quantitative estimate of drug-likeness (QED) is 0.741. The number of esters is 1. The van der Waals surface area contributed by atoms with Crippen molar-refractivity contribution in [2.24, 2.45) is 0 Å². The molecule has 1 atom stereocenters. The van der Waals surface area contributed by atoms with Crippen LogP contribution in [0.1, 0.15) is 37.0 Å². The summed E-state index contributed by atoms with van der Waals surface area (Å²) in [6.07, 6.45) is 0.475. The zero-order chi connectivity index (χ0) is 17.2. The molecule has 2 aromatic rings. The average molecular weight is 316 g/mol. The lowest BCUT2D eigenvalue weighted by molar-refractivity contribution is -0.147. The van der Waals surface area contributed by atoms with Gasteiger partial charge in [-0.2, -0.15) is 0 Å². The van der Waals surface area contributed by atoms with E-state index in [1.165, 1.54) is 11.6 Å². The van der Waals surface area contributed by atoms with Crippen LogP contribution in [0.15, 0.2) is 48.5 Å². The van der Waals surface area contributed by atoms with Gasteiger partial charge in [0.05, 0.1) is 0 Å². The predicted molar refractivity (Wildman–Crippen MR) is 91.9 cm³/mol. The van der Waals surface area contributed by atoms with Crippen LogP contribution in [0.5, 0.6) is 0 Å². The summed E-state index contributed by atoms with van der Waals surface area (Å²) < 4.78 is 18.6. The Morgan fingerprint density at radius 3 is 2.22 bits per heavy atom. The molecule has 2 nitrogen and oxygen atoms in total.